The number of ketones is 2. The molecule has 8 heteroatoms. The van der Waals surface area contributed by atoms with Crippen LogP contribution >= 0.6 is 0 Å². The van der Waals surface area contributed by atoms with E-state index in [2.05, 4.69) is 0 Å². The first-order valence-electron chi connectivity index (χ1n) is 13.2. The summed E-state index contributed by atoms with van der Waals surface area (Å²) < 4.78 is 26.8. The van der Waals surface area contributed by atoms with Gasteiger partial charge in [0.1, 0.15) is 6.17 Å². The third-order valence-corrected chi connectivity index (χ3v) is 9.73. The van der Waals surface area contributed by atoms with E-state index in [9.17, 15) is 24.3 Å². The van der Waals surface area contributed by atoms with Gasteiger partial charge in [0.15, 0.2) is 18.0 Å². The molecule has 3 fully saturated rings. The largest absolute Gasteiger partial charge is 0.458 e. The van der Waals surface area contributed by atoms with Gasteiger partial charge < -0.3 is 14.6 Å². The monoisotopic (exact) mass is 524 g/mol. The summed E-state index contributed by atoms with van der Waals surface area (Å²) in [7, 11) is 0. The molecule has 7 nitrogen and oxygen atoms in total. The van der Waals surface area contributed by atoms with E-state index in [1.54, 1.807) is 36.4 Å². The van der Waals surface area contributed by atoms with E-state index < -0.39 is 53.0 Å². The molecule has 0 aliphatic heterocycles. The van der Waals surface area contributed by atoms with E-state index in [-0.39, 0.29) is 48.4 Å². The number of hydrogen-bond acceptors (Lipinski definition) is 7. The predicted molar refractivity (Wildman–Crippen MR) is 135 cm³/mol. The number of carbonyl (C=O) groups is 4. The summed E-state index contributed by atoms with van der Waals surface area (Å²) >= 11 is 0. The fourth-order valence-electron chi connectivity index (χ4n) is 8.08. The molecule has 1 aromatic rings. The lowest BCUT2D eigenvalue weighted by Crippen LogP contribution is -2.64. The first-order chi connectivity index (χ1) is 17.9. The smallest absolute Gasteiger partial charge is 0.339 e. The molecular weight excluding hydrogens is 491 g/mol. The van der Waals surface area contributed by atoms with Gasteiger partial charge in [-0.25, -0.2) is 9.18 Å². The minimum atomic E-state index is -1.66. The number of hydrogen-bond donors (Lipinski definition) is 1. The quantitative estimate of drug-likeness (QED) is 0.582. The Morgan fingerprint density at radius 3 is 2.55 bits per heavy atom. The van der Waals surface area contributed by atoms with Crippen molar-refractivity contribution in [3.8, 4) is 0 Å². The third kappa shape index (κ3) is 3.87. The molecule has 1 unspecified atom stereocenters. The Balaban J connectivity index is 1.55. The number of fused-ring (bicyclic) bond motifs is 5. The van der Waals surface area contributed by atoms with Crippen molar-refractivity contribution in [1.29, 1.82) is 0 Å². The van der Waals surface area contributed by atoms with Crippen molar-refractivity contribution in [2.24, 2.45) is 28.6 Å². The van der Waals surface area contributed by atoms with Crippen molar-refractivity contribution in [2.45, 2.75) is 64.3 Å². The summed E-state index contributed by atoms with van der Waals surface area (Å²) in [5.74, 6) is -3.07. The highest BCUT2D eigenvalue weighted by Gasteiger charge is 2.71. The number of alkyl halides is 1. The molecule has 0 aromatic heterocycles. The molecule has 4 aliphatic rings. The van der Waals surface area contributed by atoms with Crippen LogP contribution in [0.3, 0.4) is 0 Å². The van der Waals surface area contributed by atoms with Gasteiger partial charge in [0.2, 0.25) is 5.78 Å². The number of aliphatic hydroxyl groups is 1. The maximum Gasteiger partial charge on any atom is 0.339 e. The Bertz CT molecular complexity index is 1240. The highest BCUT2D eigenvalue weighted by Crippen LogP contribution is 2.68. The van der Waals surface area contributed by atoms with E-state index in [0.29, 0.717) is 12.0 Å². The SMILES string of the molecule is CC(=O)OCC(=O)[C@]1(OC(=O)c2ccccc2)CC[C@H]2[C@@H]3CC(F)C4=CC(=O)C=C[C@]4(C)[C@H]3[C@@H](O)C[C@@]21C. The lowest BCUT2D eigenvalue weighted by Gasteiger charge is -2.60. The minimum Gasteiger partial charge on any atom is -0.458 e. The Labute approximate surface area is 221 Å². The average Bonchev–Trinajstić information content (AvgIpc) is 3.16. The van der Waals surface area contributed by atoms with E-state index in [4.69, 9.17) is 9.47 Å². The Morgan fingerprint density at radius 1 is 1.16 bits per heavy atom. The lowest BCUT2D eigenvalue weighted by molar-refractivity contribution is -0.184. The number of allylic oxidation sites excluding steroid dienone is 4. The Morgan fingerprint density at radius 2 is 1.87 bits per heavy atom. The zero-order valence-electron chi connectivity index (χ0n) is 21.8. The summed E-state index contributed by atoms with van der Waals surface area (Å²) in [6.45, 7) is 4.32. The predicted octanol–water partition coefficient (Wildman–Crippen LogP) is 3.94. The van der Waals surface area contributed by atoms with Crippen LogP contribution in [0, 0.1) is 28.6 Å². The number of Topliss-reactive ketones (excluding diaryl/α,β-unsaturated/α-hetero) is 1. The van der Waals surface area contributed by atoms with Crippen molar-refractivity contribution >= 4 is 23.5 Å². The lowest BCUT2D eigenvalue weighted by atomic mass is 9.46. The molecule has 4 aliphatic carbocycles. The summed E-state index contributed by atoms with van der Waals surface area (Å²) in [5.41, 5.74) is -2.87. The Hall–Kier alpha value is -3.13. The maximum atomic E-state index is 15.7. The second kappa shape index (κ2) is 9.26. The summed E-state index contributed by atoms with van der Waals surface area (Å²) in [4.78, 5) is 50.7. The maximum absolute atomic E-state index is 15.7. The number of ether oxygens (including phenoxy) is 2. The van der Waals surface area contributed by atoms with Crippen molar-refractivity contribution < 1.29 is 38.1 Å². The molecule has 0 bridgehead atoms. The van der Waals surface area contributed by atoms with Crippen molar-refractivity contribution in [3.63, 3.8) is 0 Å². The number of aliphatic hydroxyl groups excluding tert-OH is 1. The van der Waals surface area contributed by atoms with Crippen LogP contribution in [0.4, 0.5) is 4.39 Å². The molecule has 5 rings (SSSR count). The molecule has 8 atom stereocenters. The second-order valence-corrected chi connectivity index (χ2v) is 11.6. The van der Waals surface area contributed by atoms with E-state index >= 15 is 4.39 Å². The number of halogens is 1. The number of esters is 2. The average molecular weight is 525 g/mol. The van der Waals surface area contributed by atoms with Crippen LogP contribution in [0.1, 0.15) is 56.8 Å². The molecule has 38 heavy (non-hydrogen) atoms. The molecule has 0 heterocycles. The van der Waals surface area contributed by atoms with Gasteiger partial charge in [0.25, 0.3) is 0 Å². The molecular formula is C30H33FO7. The van der Waals surface area contributed by atoms with Gasteiger partial charge in [-0.05, 0) is 67.4 Å². The van der Waals surface area contributed by atoms with Gasteiger partial charge in [-0.2, -0.15) is 0 Å². The van der Waals surface area contributed by atoms with Gasteiger partial charge in [0.05, 0.1) is 11.7 Å². The van der Waals surface area contributed by atoms with Crippen molar-refractivity contribution in [1.82, 2.24) is 0 Å². The van der Waals surface area contributed by atoms with Gasteiger partial charge in [-0.1, -0.05) is 38.1 Å². The van der Waals surface area contributed by atoms with Crippen LogP contribution in [0.25, 0.3) is 0 Å². The fourth-order valence-corrected chi connectivity index (χ4v) is 8.08. The highest BCUT2D eigenvalue weighted by molar-refractivity contribution is 6.01. The van der Waals surface area contributed by atoms with Gasteiger partial charge >= 0.3 is 11.9 Å². The van der Waals surface area contributed by atoms with E-state index in [1.807, 2.05) is 13.8 Å². The van der Waals surface area contributed by atoms with Gasteiger partial charge in [-0.15, -0.1) is 0 Å². The number of rotatable bonds is 5. The zero-order valence-corrected chi connectivity index (χ0v) is 21.8. The zero-order chi connectivity index (χ0) is 27.5. The summed E-state index contributed by atoms with van der Waals surface area (Å²) in [6, 6.07) is 8.32. The Kier molecular flexibility index (Phi) is 6.45. The van der Waals surface area contributed by atoms with Crippen LogP contribution in [-0.2, 0) is 23.9 Å². The van der Waals surface area contributed by atoms with Gasteiger partial charge in [0, 0.05) is 23.7 Å². The molecule has 0 saturated heterocycles. The van der Waals surface area contributed by atoms with Crippen molar-refractivity contribution in [3.05, 3.63) is 59.7 Å². The molecule has 0 amide bonds. The first kappa shape index (κ1) is 26.5. The first-order valence-corrected chi connectivity index (χ1v) is 13.2. The second-order valence-electron chi connectivity index (χ2n) is 11.6. The molecule has 202 valence electrons. The number of benzene rings is 1. The van der Waals surface area contributed by atoms with E-state index in [0.717, 1.165) is 0 Å². The third-order valence-electron chi connectivity index (χ3n) is 9.73. The fraction of sp³-hybridized carbons (Fsp3) is 0.533. The summed E-state index contributed by atoms with van der Waals surface area (Å²) in [6.07, 6.45) is 3.06. The van der Waals surface area contributed by atoms with Crippen LogP contribution in [0.5, 0.6) is 0 Å². The summed E-state index contributed by atoms with van der Waals surface area (Å²) in [5, 5.41) is 11.7. The standard InChI is InChI=1S/C30H33FO7/c1-17(32)37-16-25(35)30(38-27(36)18-7-5-4-6-8-18)12-10-21-20-14-23(31)22-13-19(33)9-11-28(22,2)26(20)24(34)15-29(21,30)3/h4-9,11,13,20-21,23-24,26,34H,10,12,14-16H2,1-3H3/t20-,21-,23?,24-,26+,28-,29-,30+/m0/s1. The molecule has 0 spiro atoms. The highest BCUT2D eigenvalue weighted by atomic mass is 19.1. The normalized spacial score (nSPS) is 39.3. The topological polar surface area (TPSA) is 107 Å². The molecule has 3 saturated carbocycles. The van der Waals surface area contributed by atoms with Crippen LogP contribution in [-0.4, -0.2) is 53.1 Å². The van der Waals surface area contributed by atoms with E-state index in [1.165, 1.54) is 19.1 Å². The minimum absolute atomic E-state index is 0.103. The molecule has 1 aromatic carbocycles. The van der Waals surface area contributed by atoms with Crippen LogP contribution in [0.2, 0.25) is 0 Å². The number of carbonyl (C=O) groups excluding carboxylic acids is 4. The van der Waals surface area contributed by atoms with Crippen LogP contribution in [0.15, 0.2) is 54.1 Å². The molecule has 0 radical (unpaired) electrons. The van der Waals surface area contributed by atoms with Gasteiger partial charge in [-0.3, -0.25) is 14.4 Å². The molecule has 1 N–H and O–H groups in total. The van der Waals surface area contributed by atoms with Crippen molar-refractivity contribution in [2.75, 3.05) is 6.61 Å². The van der Waals surface area contributed by atoms with Crippen LogP contribution < -0.4 is 0 Å².